The number of carbonyl (C=O) groups is 2. The van der Waals surface area contributed by atoms with Gasteiger partial charge >= 0.3 is 0 Å². The molecule has 0 radical (unpaired) electrons. The van der Waals surface area contributed by atoms with Crippen molar-refractivity contribution in [3.05, 3.63) is 42.2 Å². The molecule has 4 rings (SSSR count). The molecule has 1 aromatic heterocycles. The Kier molecular flexibility index (Phi) is 4.20. The van der Waals surface area contributed by atoms with Crippen molar-refractivity contribution in [2.75, 3.05) is 33.4 Å². The lowest BCUT2D eigenvalue weighted by atomic mass is 9.73. The van der Waals surface area contributed by atoms with Crippen LogP contribution in [0, 0.1) is 11.3 Å². The van der Waals surface area contributed by atoms with E-state index < -0.39 is 5.41 Å². The summed E-state index contributed by atoms with van der Waals surface area (Å²) in [5.74, 6) is -0.219. The van der Waals surface area contributed by atoms with Crippen LogP contribution in [-0.2, 0) is 9.53 Å². The van der Waals surface area contributed by atoms with E-state index in [1.807, 2.05) is 30.3 Å². The van der Waals surface area contributed by atoms with Crippen LogP contribution in [0.3, 0.4) is 0 Å². The number of fused-ring (bicyclic) bond motifs is 1. The standard InChI is InChI=1S/C18H21N5O3/c1-19-17(25)18-7-8-26-11-13(18)10-22(12-18)16(24)15-9-20-23(21-15)14-5-3-2-4-6-14/h2-6,9,13H,7-8,10-12H2,1H3,(H,19,25)/t13-,18+/m1/s1. The lowest BCUT2D eigenvalue weighted by Gasteiger charge is -2.36. The fourth-order valence-electron chi connectivity index (χ4n) is 3.93. The first-order valence-corrected chi connectivity index (χ1v) is 8.71. The van der Waals surface area contributed by atoms with E-state index in [4.69, 9.17) is 4.74 Å². The normalized spacial score (nSPS) is 25.0. The Hall–Kier alpha value is -2.74. The highest BCUT2D eigenvalue weighted by atomic mass is 16.5. The highest BCUT2D eigenvalue weighted by Gasteiger charge is 2.54. The summed E-state index contributed by atoms with van der Waals surface area (Å²) in [7, 11) is 1.64. The van der Waals surface area contributed by atoms with Crippen molar-refractivity contribution in [2.24, 2.45) is 11.3 Å². The van der Waals surface area contributed by atoms with Gasteiger partial charge in [-0.15, -0.1) is 5.10 Å². The van der Waals surface area contributed by atoms with Crippen LogP contribution < -0.4 is 5.32 Å². The second-order valence-corrected chi connectivity index (χ2v) is 6.80. The molecule has 8 nitrogen and oxygen atoms in total. The smallest absolute Gasteiger partial charge is 0.276 e. The van der Waals surface area contributed by atoms with Crippen LogP contribution in [-0.4, -0.2) is 65.1 Å². The third kappa shape index (κ3) is 2.66. The van der Waals surface area contributed by atoms with Crippen molar-refractivity contribution in [3.63, 3.8) is 0 Å². The minimum atomic E-state index is -0.571. The van der Waals surface area contributed by atoms with Gasteiger partial charge in [-0.05, 0) is 18.6 Å². The molecule has 2 amide bonds. The summed E-state index contributed by atoms with van der Waals surface area (Å²) in [5, 5.41) is 11.3. The van der Waals surface area contributed by atoms with Crippen molar-refractivity contribution in [1.29, 1.82) is 0 Å². The molecule has 2 atom stereocenters. The molecule has 0 saturated carbocycles. The van der Waals surface area contributed by atoms with Crippen molar-refractivity contribution in [3.8, 4) is 5.69 Å². The van der Waals surface area contributed by atoms with Gasteiger partial charge in [0, 0.05) is 32.7 Å². The van der Waals surface area contributed by atoms with Gasteiger partial charge in [-0.25, -0.2) is 0 Å². The van der Waals surface area contributed by atoms with Gasteiger partial charge in [0.15, 0.2) is 5.69 Å². The number of hydrogen-bond acceptors (Lipinski definition) is 5. The zero-order chi connectivity index (χ0) is 18.1. The monoisotopic (exact) mass is 355 g/mol. The fourth-order valence-corrected chi connectivity index (χ4v) is 3.93. The number of benzene rings is 1. The molecule has 2 saturated heterocycles. The van der Waals surface area contributed by atoms with Gasteiger partial charge in [0.2, 0.25) is 5.91 Å². The topological polar surface area (TPSA) is 89.4 Å². The zero-order valence-electron chi connectivity index (χ0n) is 14.6. The number of nitrogens with zero attached hydrogens (tertiary/aromatic N) is 4. The molecule has 0 spiro atoms. The molecule has 2 fully saturated rings. The first-order valence-electron chi connectivity index (χ1n) is 8.71. The highest BCUT2D eigenvalue weighted by Crippen LogP contribution is 2.42. The Morgan fingerprint density at radius 2 is 2.12 bits per heavy atom. The van der Waals surface area contributed by atoms with Gasteiger partial charge in [-0.1, -0.05) is 18.2 Å². The van der Waals surface area contributed by atoms with E-state index in [0.29, 0.717) is 32.7 Å². The molecule has 2 aliphatic heterocycles. The lowest BCUT2D eigenvalue weighted by molar-refractivity contribution is -0.138. The summed E-state index contributed by atoms with van der Waals surface area (Å²) in [6.45, 7) is 1.91. The quantitative estimate of drug-likeness (QED) is 0.866. The van der Waals surface area contributed by atoms with Crippen LogP contribution in [0.4, 0.5) is 0 Å². The molecular formula is C18H21N5O3. The predicted octanol–water partition coefficient (Wildman–Crippen LogP) is 0.492. The van der Waals surface area contributed by atoms with Crippen LogP contribution >= 0.6 is 0 Å². The van der Waals surface area contributed by atoms with Crippen molar-refractivity contribution in [2.45, 2.75) is 6.42 Å². The second kappa shape index (κ2) is 6.53. The fraction of sp³-hybridized carbons (Fsp3) is 0.444. The van der Waals surface area contributed by atoms with Crippen molar-refractivity contribution < 1.29 is 14.3 Å². The van der Waals surface area contributed by atoms with Crippen LogP contribution in [0.25, 0.3) is 5.69 Å². The first-order chi connectivity index (χ1) is 12.6. The van der Waals surface area contributed by atoms with Gasteiger partial charge in [-0.3, -0.25) is 9.59 Å². The molecule has 26 heavy (non-hydrogen) atoms. The van der Waals surface area contributed by atoms with Gasteiger partial charge in [0.1, 0.15) is 0 Å². The SMILES string of the molecule is CNC(=O)[C@]12CCOC[C@H]1CN(C(=O)c1cnn(-c3ccccc3)n1)C2. The summed E-state index contributed by atoms with van der Waals surface area (Å²) in [5.41, 5.74) is 0.496. The van der Waals surface area contributed by atoms with Crippen molar-refractivity contribution >= 4 is 11.8 Å². The highest BCUT2D eigenvalue weighted by molar-refractivity contribution is 5.93. The molecule has 0 aliphatic carbocycles. The molecule has 1 N–H and O–H groups in total. The number of carbonyl (C=O) groups excluding carboxylic acids is 2. The Labute approximate surface area is 151 Å². The molecule has 136 valence electrons. The van der Waals surface area contributed by atoms with Gasteiger partial charge in [0.25, 0.3) is 5.91 Å². The minimum absolute atomic E-state index is 0.00400. The summed E-state index contributed by atoms with van der Waals surface area (Å²) >= 11 is 0. The second-order valence-electron chi connectivity index (χ2n) is 6.80. The van der Waals surface area contributed by atoms with E-state index in [9.17, 15) is 9.59 Å². The number of rotatable bonds is 3. The van der Waals surface area contributed by atoms with E-state index in [-0.39, 0.29) is 23.4 Å². The van der Waals surface area contributed by atoms with Crippen LogP contribution in [0.15, 0.2) is 36.5 Å². The number of ether oxygens (including phenoxy) is 1. The average molecular weight is 355 g/mol. The van der Waals surface area contributed by atoms with Crippen molar-refractivity contribution in [1.82, 2.24) is 25.2 Å². The van der Waals surface area contributed by atoms with E-state index >= 15 is 0 Å². The molecule has 1 aromatic carbocycles. The zero-order valence-corrected chi connectivity index (χ0v) is 14.6. The molecule has 8 heteroatoms. The van der Waals surface area contributed by atoms with Gasteiger partial charge in [-0.2, -0.15) is 9.90 Å². The Morgan fingerprint density at radius 1 is 1.31 bits per heavy atom. The minimum Gasteiger partial charge on any atom is -0.381 e. The molecule has 2 aromatic rings. The molecule has 0 unspecified atom stereocenters. The third-order valence-electron chi connectivity index (χ3n) is 5.37. The maximum Gasteiger partial charge on any atom is 0.276 e. The lowest BCUT2D eigenvalue weighted by Crippen LogP contribution is -2.49. The van der Waals surface area contributed by atoms with E-state index in [1.165, 1.54) is 11.0 Å². The largest absolute Gasteiger partial charge is 0.381 e. The van der Waals surface area contributed by atoms with Crippen LogP contribution in [0.2, 0.25) is 0 Å². The first kappa shape index (κ1) is 16.7. The molecule has 0 bridgehead atoms. The van der Waals surface area contributed by atoms with Crippen LogP contribution in [0.5, 0.6) is 0 Å². The maximum atomic E-state index is 12.9. The Bertz CT molecular complexity index is 821. The van der Waals surface area contributed by atoms with Crippen LogP contribution in [0.1, 0.15) is 16.9 Å². The molecule has 2 aliphatic rings. The Morgan fingerprint density at radius 3 is 2.88 bits per heavy atom. The Balaban J connectivity index is 1.56. The van der Waals surface area contributed by atoms with Gasteiger partial charge in [0.05, 0.1) is 23.9 Å². The molecule has 3 heterocycles. The number of likely N-dealkylation sites (tertiary alicyclic amines) is 1. The summed E-state index contributed by atoms with van der Waals surface area (Å²) < 4.78 is 5.55. The number of para-hydroxylation sites is 1. The number of amides is 2. The average Bonchev–Trinajstić information content (AvgIpc) is 3.33. The van der Waals surface area contributed by atoms with Gasteiger partial charge < -0.3 is 15.0 Å². The number of hydrogen-bond donors (Lipinski definition) is 1. The molecular weight excluding hydrogens is 334 g/mol. The van der Waals surface area contributed by atoms with E-state index in [0.717, 1.165) is 5.69 Å². The third-order valence-corrected chi connectivity index (χ3v) is 5.37. The number of aromatic nitrogens is 3. The summed E-state index contributed by atoms with van der Waals surface area (Å²) in [6, 6.07) is 9.43. The van der Waals surface area contributed by atoms with E-state index in [1.54, 1.807) is 11.9 Å². The number of nitrogens with one attached hydrogen (secondary N) is 1. The summed E-state index contributed by atoms with van der Waals surface area (Å²) in [6.07, 6.45) is 2.10. The predicted molar refractivity (Wildman–Crippen MR) is 92.7 cm³/mol. The van der Waals surface area contributed by atoms with E-state index in [2.05, 4.69) is 15.5 Å². The maximum absolute atomic E-state index is 12.9. The summed E-state index contributed by atoms with van der Waals surface area (Å²) in [4.78, 5) is 28.6.